The molecule has 3 heterocycles. The summed E-state index contributed by atoms with van der Waals surface area (Å²) in [6.45, 7) is 4.42. The van der Waals surface area contributed by atoms with E-state index in [1.54, 1.807) is 11.3 Å². The Bertz CT molecular complexity index is 1340. The van der Waals surface area contributed by atoms with Crippen LogP contribution in [-0.4, -0.2) is 25.7 Å². The second-order valence-electron chi connectivity index (χ2n) is 9.25. The summed E-state index contributed by atoms with van der Waals surface area (Å²) >= 11 is 1.62. The van der Waals surface area contributed by atoms with E-state index in [2.05, 4.69) is 29.9 Å². The molecule has 3 atom stereocenters. The molecule has 1 aromatic carbocycles. The maximum atomic E-state index is 12.5. The van der Waals surface area contributed by atoms with E-state index in [-0.39, 0.29) is 11.3 Å². The van der Waals surface area contributed by atoms with Crippen LogP contribution in [0, 0.1) is 11.8 Å². The molecule has 0 unspecified atom stereocenters. The number of Topliss-reactive ketones (excluding diaryl/α,β-unsaturated/α-hetero) is 1. The summed E-state index contributed by atoms with van der Waals surface area (Å²) < 4.78 is 0. The van der Waals surface area contributed by atoms with Crippen LogP contribution in [0.4, 0.5) is 0 Å². The molecular weight excluding hydrogens is 416 g/mol. The fourth-order valence-electron chi connectivity index (χ4n) is 5.86. The van der Waals surface area contributed by atoms with Gasteiger partial charge in [-0.25, -0.2) is 15.0 Å². The van der Waals surface area contributed by atoms with Crippen LogP contribution in [0.1, 0.15) is 44.4 Å². The quantitative estimate of drug-likeness (QED) is 0.404. The Morgan fingerprint density at radius 1 is 1.06 bits per heavy atom. The van der Waals surface area contributed by atoms with Crippen LogP contribution in [0.15, 0.2) is 48.1 Å². The van der Waals surface area contributed by atoms with E-state index in [9.17, 15) is 4.79 Å². The van der Waals surface area contributed by atoms with E-state index < -0.39 is 0 Å². The highest BCUT2D eigenvalue weighted by Crippen LogP contribution is 2.52. The molecule has 0 aliphatic heterocycles. The molecule has 2 aliphatic rings. The number of pyridine rings is 1. The van der Waals surface area contributed by atoms with Crippen LogP contribution in [0.2, 0.25) is 0 Å². The molecule has 1 fully saturated rings. The van der Waals surface area contributed by atoms with Gasteiger partial charge < -0.3 is 0 Å². The Morgan fingerprint density at radius 2 is 1.94 bits per heavy atom. The van der Waals surface area contributed by atoms with Crippen molar-refractivity contribution in [3.05, 3.63) is 59.4 Å². The number of thiazole rings is 1. The van der Waals surface area contributed by atoms with Gasteiger partial charge in [-0.1, -0.05) is 32.0 Å². The van der Waals surface area contributed by atoms with Crippen LogP contribution in [0.5, 0.6) is 0 Å². The molecule has 4 aromatic rings. The maximum absolute atomic E-state index is 12.5. The molecule has 0 spiro atoms. The minimum Gasteiger partial charge on any atom is -0.299 e. The Balaban J connectivity index is 1.63. The van der Waals surface area contributed by atoms with Crippen LogP contribution in [0.25, 0.3) is 33.0 Å². The molecule has 0 bridgehead atoms. The highest BCUT2D eigenvalue weighted by atomic mass is 32.1. The van der Waals surface area contributed by atoms with Gasteiger partial charge in [0, 0.05) is 52.0 Å². The van der Waals surface area contributed by atoms with Crippen molar-refractivity contribution in [1.82, 2.24) is 19.9 Å². The SMILES string of the molecule is C[C@H]1C(=O)CC[C@@]2(C)c3nc(-c4ccnc5ccccc45)nc(-c4nccs4)c3CC[C@H]12. The predicted octanol–water partition coefficient (Wildman–Crippen LogP) is 5.63. The molecule has 0 radical (unpaired) electrons. The zero-order chi connectivity index (χ0) is 21.9. The summed E-state index contributed by atoms with van der Waals surface area (Å²) in [4.78, 5) is 32.0. The van der Waals surface area contributed by atoms with Crippen LogP contribution >= 0.6 is 11.3 Å². The Hall–Kier alpha value is -2.99. The Labute approximate surface area is 191 Å². The third-order valence-corrected chi connectivity index (χ3v) is 8.38. The van der Waals surface area contributed by atoms with Crippen molar-refractivity contribution >= 4 is 28.0 Å². The smallest absolute Gasteiger partial charge is 0.160 e. The standard InChI is InChI=1S/C26H24N4OS/c1-15-19-8-7-18-22(25-28-13-14-32-25)29-24(30-23(18)26(19,2)11-9-21(15)31)17-10-12-27-20-6-4-3-5-16(17)20/h3-6,10,12-15,19H,7-9,11H2,1-2H3/t15-,19-,26-/m1/s1. The van der Waals surface area contributed by atoms with Crippen molar-refractivity contribution in [1.29, 1.82) is 0 Å². The van der Waals surface area contributed by atoms with E-state index in [1.807, 2.05) is 42.0 Å². The number of nitrogens with zero attached hydrogens (tertiary/aromatic N) is 4. The zero-order valence-electron chi connectivity index (χ0n) is 18.2. The van der Waals surface area contributed by atoms with E-state index in [0.717, 1.165) is 57.9 Å². The van der Waals surface area contributed by atoms with Crippen LogP contribution in [0.3, 0.4) is 0 Å². The molecule has 32 heavy (non-hydrogen) atoms. The number of rotatable bonds is 2. The summed E-state index contributed by atoms with van der Waals surface area (Å²) in [5.41, 5.74) is 5.06. The number of hydrogen-bond acceptors (Lipinski definition) is 6. The van der Waals surface area contributed by atoms with Gasteiger partial charge in [-0.15, -0.1) is 11.3 Å². The molecule has 0 N–H and O–H groups in total. The first kappa shape index (κ1) is 19.7. The topological polar surface area (TPSA) is 68.6 Å². The summed E-state index contributed by atoms with van der Waals surface area (Å²) in [5.74, 6) is 1.51. The predicted molar refractivity (Wildman–Crippen MR) is 126 cm³/mol. The lowest BCUT2D eigenvalue weighted by atomic mass is 9.56. The second-order valence-corrected chi connectivity index (χ2v) is 10.1. The summed E-state index contributed by atoms with van der Waals surface area (Å²) in [7, 11) is 0. The first-order valence-electron chi connectivity index (χ1n) is 11.2. The van der Waals surface area contributed by atoms with E-state index in [1.165, 1.54) is 5.56 Å². The number of carbonyl (C=O) groups excluding carboxylic acids is 1. The van der Waals surface area contributed by atoms with Crippen molar-refractivity contribution in [3.63, 3.8) is 0 Å². The monoisotopic (exact) mass is 440 g/mol. The molecule has 3 aromatic heterocycles. The van der Waals surface area contributed by atoms with Gasteiger partial charge in [-0.3, -0.25) is 9.78 Å². The molecule has 160 valence electrons. The summed E-state index contributed by atoms with van der Waals surface area (Å²) in [6, 6.07) is 10.1. The van der Waals surface area contributed by atoms with Crippen LogP contribution < -0.4 is 0 Å². The van der Waals surface area contributed by atoms with Gasteiger partial charge in [0.2, 0.25) is 0 Å². The molecule has 0 amide bonds. The molecule has 2 aliphatic carbocycles. The van der Waals surface area contributed by atoms with Gasteiger partial charge in [0.1, 0.15) is 16.5 Å². The van der Waals surface area contributed by atoms with Crippen molar-refractivity contribution in [2.24, 2.45) is 11.8 Å². The lowest BCUT2D eigenvalue weighted by molar-refractivity contribution is -0.128. The fraction of sp³-hybridized carbons (Fsp3) is 0.346. The zero-order valence-corrected chi connectivity index (χ0v) is 19.0. The highest BCUT2D eigenvalue weighted by molar-refractivity contribution is 7.13. The van der Waals surface area contributed by atoms with Gasteiger partial charge in [-0.2, -0.15) is 0 Å². The van der Waals surface area contributed by atoms with Crippen molar-refractivity contribution in [3.8, 4) is 22.1 Å². The van der Waals surface area contributed by atoms with Gasteiger partial charge in [0.15, 0.2) is 5.82 Å². The van der Waals surface area contributed by atoms with Gasteiger partial charge in [0.25, 0.3) is 0 Å². The molecule has 6 heteroatoms. The summed E-state index contributed by atoms with van der Waals surface area (Å²) in [6.07, 6.45) is 7.02. The number of ketones is 1. The van der Waals surface area contributed by atoms with Gasteiger partial charge in [0.05, 0.1) is 11.2 Å². The first-order valence-corrected chi connectivity index (χ1v) is 12.1. The fourth-order valence-corrected chi connectivity index (χ4v) is 6.51. The molecule has 5 nitrogen and oxygen atoms in total. The molecule has 1 saturated carbocycles. The van der Waals surface area contributed by atoms with E-state index in [4.69, 9.17) is 9.97 Å². The maximum Gasteiger partial charge on any atom is 0.160 e. The van der Waals surface area contributed by atoms with Crippen molar-refractivity contribution in [2.75, 3.05) is 0 Å². The Morgan fingerprint density at radius 3 is 2.78 bits per heavy atom. The normalized spacial score (nSPS) is 24.9. The Kier molecular flexibility index (Phi) is 4.47. The lowest BCUT2D eigenvalue weighted by Crippen LogP contribution is -2.47. The van der Waals surface area contributed by atoms with Gasteiger partial charge >= 0.3 is 0 Å². The number of aromatic nitrogens is 4. The van der Waals surface area contributed by atoms with Crippen LogP contribution in [-0.2, 0) is 16.6 Å². The van der Waals surface area contributed by atoms with Gasteiger partial charge in [-0.05, 0) is 37.3 Å². The lowest BCUT2D eigenvalue weighted by Gasteiger charge is -2.48. The number of carbonyl (C=O) groups is 1. The molecular formula is C26H24N4OS. The van der Waals surface area contributed by atoms with Crippen molar-refractivity contribution in [2.45, 2.75) is 44.9 Å². The average molecular weight is 441 g/mol. The molecule has 6 rings (SSSR count). The average Bonchev–Trinajstić information content (AvgIpc) is 3.36. The molecule has 0 saturated heterocycles. The first-order chi connectivity index (χ1) is 15.6. The minimum atomic E-state index is -0.132. The number of para-hydroxylation sites is 1. The largest absolute Gasteiger partial charge is 0.299 e. The third-order valence-electron chi connectivity index (χ3n) is 7.60. The third kappa shape index (κ3) is 2.85. The highest BCUT2D eigenvalue weighted by Gasteiger charge is 2.49. The number of benzene rings is 1. The number of fused-ring (bicyclic) bond motifs is 4. The van der Waals surface area contributed by atoms with E-state index in [0.29, 0.717) is 18.1 Å². The van der Waals surface area contributed by atoms with E-state index >= 15 is 0 Å². The number of hydrogen-bond donors (Lipinski definition) is 0. The minimum absolute atomic E-state index is 0.0744. The summed E-state index contributed by atoms with van der Waals surface area (Å²) in [5, 5.41) is 3.98. The van der Waals surface area contributed by atoms with Crippen molar-refractivity contribution < 1.29 is 4.79 Å². The second kappa shape index (κ2) is 7.27.